The Kier molecular flexibility index (Phi) is 1.14. The van der Waals surface area contributed by atoms with E-state index < -0.39 is 0 Å². The van der Waals surface area contributed by atoms with Gasteiger partial charge in [0.1, 0.15) is 5.69 Å². The van der Waals surface area contributed by atoms with Crippen LogP contribution in [0.4, 0.5) is 11.4 Å². The molecule has 0 atom stereocenters. The molecule has 0 saturated carbocycles. The van der Waals surface area contributed by atoms with Crippen LogP contribution in [0.15, 0.2) is 16.7 Å². The van der Waals surface area contributed by atoms with Crippen LogP contribution in [-0.2, 0) is 0 Å². The molecule has 1 aromatic heterocycles. The molecule has 0 aliphatic rings. The molecule has 9 heavy (non-hydrogen) atoms. The first-order valence-electron chi connectivity index (χ1n) is 2.39. The molecule has 5 N–H and O–H groups in total. The predicted molar refractivity (Wildman–Crippen MR) is 33.4 cm³/mol. The van der Waals surface area contributed by atoms with Crippen molar-refractivity contribution >= 4 is 11.4 Å². The molecule has 0 spiro atoms. The van der Waals surface area contributed by atoms with Gasteiger partial charge >= 0.3 is 0 Å². The van der Waals surface area contributed by atoms with E-state index in [0.29, 0.717) is 5.69 Å². The Morgan fingerprint density at radius 2 is 2.11 bits per heavy atom. The van der Waals surface area contributed by atoms with Gasteiger partial charge in [0.05, 0.1) is 12.0 Å². The van der Waals surface area contributed by atoms with E-state index in [1.165, 1.54) is 12.3 Å². The van der Waals surface area contributed by atoms with Crippen LogP contribution in [0.25, 0.3) is 0 Å². The summed E-state index contributed by atoms with van der Waals surface area (Å²) >= 11 is 0. The Morgan fingerprint density at radius 3 is 2.56 bits per heavy atom. The Bertz CT molecular complexity index is 265. The van der Waals surface area contributed by atoms with E-state index in [9.17, 15) is 0 Å². The molecule has 1 rings (SSSR count). The number of anilines is 2. The summed E-state index contributed by atoms with van der Waals surface area (Å²) < 4.78 is 4.60. The van der Waals surface area contributed by atoms with Gasteiger partial charge in [-0.05, 0) is 6.07 Å². The fourth-order valence-corrected chi connectivity index (χ4v) is 0.460. The van der Waals surface area contributed by atoms with Crippen molar-refractivity contribution in [2.45, 2.75) is 0 Å². The van der Waals surface area contributed by atoms with Crippen molar-refractivity contribution in [1.82, 2.24) is 0 Å². The van der Waals surface area contributed by atoms with Gasteiger partial charge in [-0.25, -0.2) is 0 Å². The minimum atomic E-state index is -0.0880. The Hall–Kier alpha value is -1.45. The lowest BCUT2D eigenvalue weighted by atomic mass is 10.4. The maximum absolute atomic E-state index is 6.99. The fraction of sp³-hybridized carbons (Fsp3) is 0. The summed E-state index contributed by atoms with van der Waals surface area (Å²) in [6.07, 6.45) is 1.33. The average Bonchev–Trinajstić information content (AvgIpc) is 1.83. The first-order valence-corrected chi connectivity index (χ1v) is 2.39. The van der Waals surface area contributed by atoms with Crippen molar-refractivity contribution in [2.24, 2.45) is 0 Å². The van der Waals surface area contributed by atoms with E-state index >= 15 is 0 Å². The zero-order valence-electron chi connectivity index (χ0n) is 4.72. The third-order valence-electron chi connectivity index (χ3n) is 0.989. The van der Waals surface area contributed by atoms with E-state index in [1.54, 1.807) is 0 Å². The van der Waals surface area contributed by atoms with Crippen LogP contribution in [-0.4, -0.2) is 0 Å². The summed E-state index contributed by atoms with van der Waals surface area (Å²) in [5.41, 5.74) is 11.1. The zero-order chi connectivity index (χ0) is 6.85. The van der Waals surface area contributed by atoms with Crippen molar-refractivity contribution in [1.29, 1.82) is 5.41 Å². The zero-order valence-corrected chi connectivity index (χ0v) is 4.72. The minimum Gasteiger partial charge on any atom is -0.445 e. The highest BCUT2D eigenvalue weighted by Gasteiger charge is 1.93. The summed E-state index contributed by atoms with van der Waals surface area (Å²) in [4.78, 5) is 0. The van der Waals surface area contributed by atoms with E-state index in [-0.39, 0.29) is 11.2 Å². The molecule has 0 amide bonds. The van der Waals surface area contributed by atoms with Gasteiger partial charge in [-0.2, -0.15) is 0 Å². The number of rotatable bonds is 0. The van der Waals surface area contributed by atoms with Crippen LogP contribution < -0.4 is 17.0 Å². The van der Waals surface area contributed by atoms with E-state index in [1.807, 2.05) is 0 Å². The number of nitrogens with two attached hydrogens (primary N) is 2. The normalized spacial score (nSPS) is 9.33. The molecule has 0 unspecified atom stereocenters. The number of hydrogen-bond acceptors (Lipinski definition) is 4. The van der Waals surface area contributed by atoms with E-state index in [0.717, 1.165) is 0 Å². The molecule has 48 valence electrons. The summed E-state index contributed by atoms with van der Waals surface area (Å²) in [6, 6.07) is 1.51. The highest BCUT2D eigenvalue weighted by molar-refractivity contribution is 5.59. The average molecular weight is 125 g/mol. The molecule has 0 fully saturated rings. The van der Waals surface area contributed by atoms with Crippen LogP contribution in [0.5, 0.6) is 0 Å². The third-order valence-corrected chi connectivity index (χ3v) is 0.989. The lowest BCUT2D eigenvalue weighted by molar-refractivity contribution is 0.491. The predicted octanol–water partition coefficient (Wildman–Crippen LogP) is -0.0765. The molecule has 1 heterocycles. The van der Waals surface area contributed by atoms with Crippen molar-refractivity contribution in [3.63, 3.8) is 0 Å². The first kappa shape index (κ1) is 5.68. The Labute approximate surface area is 51.6 Å². The van der Waals surface area contributed by atoms with Crippen LogP contribution in [0, 0.1) is 5.41 Å². The second kappa shape index (κ2) is 1.81. The largest absolute Gasteiger partial charge is 0.445 e. The quantitative estimate of drug-likeness (QED) is 0.453. The third kappa shape index (κ3) is 0.861. The summed E-state index contributed by atoms with van der Waals surface area (Å²) in [5.74, 6) is 0. The second-order valence-corrected chi connectivity index (χ2v) is 1.62. The fourth-order valence-electron chi connectivity index (χ4n) is 0.460. The maximum atomic E-state index is 6.99. The van der Waals surface area contributed by atoms with Crippen LogP contribution in [0.2, 0.25) is 0 Å². The topological polar surface area (TPSA) is 89.0 Å². The van der Waals surface area contributed by atoms with Gasteiger partial charge in [0.25, 0.3) is 0 Å². The number of nitrogens with one attached hydrogen (secondary N) is 1. The van der Waals surface area contributed by atoms with Gasteiger partial charge < -0.3 is 15.9 Å². The molecule has 4 heteroatoms. The van der Waals surface area contributed by atoms with Gasteiger partial charge in [0.15, 0.2) is 0 Å². The van der Waals surface area contributed by atoms with Gasteiger partial charge in [0.2, 0.25) is 5.55 Å². The highest BCUT2D eigenvalue weighted by Crippen LogP contribution is 2.04. The molecular weight excluding hydrogens is 118 g/mol. The molecule has 0 radical (unpaired) electrons. The van der Waals surface area contributed by atoms with Crippen LogP contribution >= 0.6 is 0 Å². The van der Waals surface area contributed by atoms with E-state index in [4.69, 9.17) is 16.9 Å². The van der Waals surface area contributed by atoms with Crippen LogP contribution in [0.1, 0.15) is 0 Å². The van der Waals surface area contributed by atoms with Gasteiger partial charge in [-0.15, -0.1) is 0 Å². The van der Waals surface area contributed by atoms with Gasteiger partial charge in [0, 0.05) is 0 Å². The summed E-state index contributed by atoms with van der Waals surface area (Å²) in [5, 5.41) is 6.99. The molecule has 1 aromatic rings. The van der Waals surface area contributed by atoms with Crippen molar-refractivity contribution in [3.05, 3.63) is 17.9 Å². The molecule has 0 aromatic carbocycles. The number of hydrogen-bond donors (Lipinski definition) is 3. The van der Waals surface area contributed by atoms with Crippen molar-refractivity contribution < 1.29 is 4.42 Å². The smallest absolute Gasteiger partial charge is 0.236 e. The molecule has 0 aliphatic carbocycles. The first-order chi connectivity index (χ1) is 4.22. The highest BCUT2D eigenvalue weighted by atomic mass is 16.3. The summed E-state index contributed by atoms with van der Waals surface area (Å²) in [6.45, 7) is 0. The minimum absolute atomic E-state index is 0.0880. The lowest BCUT2D eigenvalue weighted by Crippen LogP contribution is -2.08. The maximum Gasteiger partial charge on any atom is 0.236 e. The SMILES string of the molecule is N=c1occc(N)c1N. The molecule has 0 saturated heterocycles. The van der Waals surface area contributed by atoms with Gasteiger partial charge in [-0.1, -0.05) is 0 Å². The van der Waals surface area contributed by atoms with Gasteiger partial charge in [-0.3, -0.25) is 5.41 Å². The van der Waals surface area contributed by atoms with Crippen molar-refractivity contribution in [3.8, 4) is 0 Å². The molecule has 0 aliphatic heterocycles. The molecule has 0 bridgehead atoms. The van der Waals surface area contributed by atoms with Crippen LogP contribution in [0.3, 0.4) is 0 Å². The standard InChI is InChI=1S/C5H7N3O/c6-3-1-2-9-5(8)4(3)7/h1-2,8H,6-7H2. The Morgan fingerprint density at radius 1 is 1.44 bits per heavy atom. The van der Waals surface area contributed by atoms with E-state index in [2.05, 4.69) is 4.42 Å². The van der Waals surface area contributed by atoms with Crippen molar-refractivity contribution in [2.75, 3.05) is 11.5 Å². The second-order valence-electron chi connectivity index (χ2n) is 1.62. The molecule has 4 nitrogen and oxygen atoms in total. The number of nitrogen functional groups attached to an aromatic ring is 2. The Balaban J connectivity index is 3.43. The lowest BCUT2D eigenvalue weighted by Gasteiger charge is -1.94. The molecular formula is C5H7N3O. The summed E-state index contributed by atoms with van der Waals surface area (Å²) in [7, 11) is 0. The monoisotopic (exact) mass is 125 g/mol.